The Balaban J connectivity index is 1.78. The van der Waals surface area contributed by atoms with Crippen LogP contribution in [0.25, 0.3) is 0 Å². The summed E-state index contributed by atoms with van der Waals surface area (Å²) in [5, 5.41) is 5.17. The van der Waals surface area contributed by atoms with Crippen LogP contribution in [0.2, 0.25) is 0 Å². The van der Waals surface area contributed by atoms with Crippen LogP contribution in [0.1, 0.15) is 46.0 Å². The highest BCUT2D eigenvalue weighted by atomic mass is 19.1. The SMILES string of the molecule is CC(C)c1ccccc1NC(=O)c1cncc(C(=O)Nc2ccc(F)cc2F)c1. The molecule has 29 heavy (non-hydrogen) atoms. The number of aromatic nitrogens is 1. The van der Waals surface area contributed by atoms with E-state index in [1.165, 1.54) is 18.5 Å². The third-order valence-corrected chi connectivity index (χ3v) is 4.27. The lowest BCUT2D eigenvalue weighted by Crippen LogP contribution is -2.17. The summed E-state index contributed by atoms with van der Waals surface area (Å²) in [6.07, 6.45) is 2.60. The molecule has 1 heterocycles. The Morgan fingerprint density at radius 3 is 2.10 bits per heavy atom. The Kier molecular flexibility index (Phi) is 5.97. The number of anilines is 2. The molecule has 2 aromatic carbocycles. The average molecular weight is 395 g/mol. The number of carbonyl (C=O) groups excluding carboxylic acids is 2. The Morgan fingerprint density at radius 1 is 0.862 bits per heavy atom. The van der Waals surface area contributed by atoms with Gasteiger partial charge in [0.05, 0.1) is 16.8 Å². The minimum atomic E-state index is -0.898. The number of para-hydroxylation sites is 1. The average Bonchev–Trinajstić information content (AvgIpc) is 2.70. The molecule has 2 amide bonds. The van der Waals surface area contributed by atoms with E-state index in [0.717, 1.165) is 17.7 Å². The van der Waals surface area contributed by atoms with Gasteiger partial charge in [0.25, 0.3) is 11.8 Å². The van der Waals surface area contributed by atoms with Gasteiger partial charge in [0.2, 0.25) is 0 Å². The van der Waals surface area contributed by atoms with Gasteiger partial charge in [0, 0.05) is 24.1 Å². The molecule has 0 aliphatic heterocycles. The number of nitrogens with zero attached hydrogens (tertiary/aromatic N) is 1. The van der Waals surface area contributed by atoms with Crippen LogP contribution in [0.4, 0.5) is 20.2 Å². The van der Waals surface area contributed by atoms with Gasteiger partial charge in [-0.1, -0.05) is 32.0 Å². The molecule has 0 saturated carbocycles. The largest absolute Gasteiger partial charge is 0.322 e. The molecule has 0 radical (unpaired) electrons. The first-order chi connectivity index (χ1) is 13.8. The van der Waals surface area contributed by atoms with E-state index in [0.29, 0.717) is 11.8 Å². The smallest absolute Gasteiger partial charge is 0.257 e. The number of nitrogens with one attached hydrogen (secondary N) is 2. The summed E-state index contributed by atoms with van der Waals surface area (Å²) in [5.74, 6) is -2.52. The van der Waals surface area contributed by atoms with Crippen LogP contribution >= 0.6 is 0 Å². The minimum absolute atomic E-state index is 0.0681. The summed E-state index contributed by atoms with van der Waals surface area (Å²) in [5.41, 5.74) is 1.73. The number of pyridine rings is 1. The van der Waals surface area contributed by atoms with E-state index in [1.807, 2.05) is 32.0 Å². The van der Waals surface area contributed by atoms with E-state index in [-0.39, 0.29) is 22.7 Å². The molecule has 0 atom stereocenters. The van der Waals surface area contributed by atoms with Gasteiger partial charge in [-0.25, -0.2) is 8.78 Å². The van der Waals surface area contributed by atoms with Gasteiger partial charge < -0.3 is 10.6 Å². The molecule has 148 valence electrons. The maximum Gasteiger partial charge on any atom is 0.257 e. The standard InChI is InChI=1S/C22H19F2N3O2/c1-13(2)17-5-3-4-6-19(17)26-21(28)14-9-15(12-25-11-14)22(29)27-20-8-7-16(23)10-18(20)24/h3-13H,1-2H3,(H,26,28)(H,27,29). The van der Waals surface area contributed by atoms with Crippen molar-refractivity contribution >= 4 is 23.2 Å². The molecule has 0 bridgehead atoms. The number of rotatable bonds is 5. The van der Waals surface area contributed by atoms with Crippen molar-refractivity contribution in [3.63, 3.8) is 0 Å². The van der Waals surface area contributed by atoms with Crippen molar-refractivity contribution in [2.24, 2.45) is 0 Å². The third kappa shape index (κ3) is 4.82. The van der Waals surface area contributed by atoms with Gasteiger partial charge in [0.15, 0.2) is 0 Å². The summed E-state index contributed by atoms with van der Waals surface area (Å²) in [6.45, 7) is 4.04. The van der Waals surface area contributed by atoms with E-state index in [4.69, 9.17) is 0 Å². The fraction of sp³-hybridized carbons (Fsp3) is 0.136. The highest BCUT2D eigenvalue weighted by Gasteiger charge is 2.15. The van der Waals surface area contributed by atoms with E-state index in [1.54, 1.807) is 6.07 Å². The highest BCUT2D eigenvalue weighted by Crippen LogP contribution is 2.24. The normalized spacial score (nSPS) is 10.7. The second kappa shape index (κ2) is 8.60. The first-order valence-corrected chi connectivity index (χ1v) is 8.97. The summed E-state index contributed by atoms with van der Waals surface area (Å²) in [7, 11) is 0. The van der Waals surface area contributed by atoms with E-state index < -0.39 is 23.4 Å². The van der Waals surface area contributed by atoms with Crippen LogP contribution in [0.3, 0.4) is 0 Å². The fourth-order valence-corrected chi connectivity index (χ4v) is 2.78. The molecular formula is C22H19F2N3O2. The van der Waals surface area contributed by atoms with Crippen LogP contribution in [-0.4, -0.2) is 16.8 Å². The molecular weight excluding hydrogens is 376 g/mol. The molecule has 0 aliphatic carbocycles. The van der Waals surface area contributed by atoms with Crippen LogP contribution in [-0.2, 0) is 0 Å². The summed E-state index contributed by atoms with van der Waals surface area (Å²) >= 11 is 0. The highest BCUT2D eigenvalue weighted by molar-refractivity contribution is 6.08. The van der Waals surface area contributed by atoms with Crippen LogP contribution < -0.4 is 10.6 Å². The number of amides is 2. The van der Waals surface area contributed by atoms with Crippen molar-refractivity contribution < 1.29 is 18.4 Å². The minimum Gasteiger partial charge on any atom is -0.322 e. The molecule has 0 unspecified atom stereocenters. The number of hydrogen-bond acceptors (Lipinski definition) is 3. The van der Waals surface area contributed by atoms with E-state index >= 15 is 0 Å². The van der Waals surface area contributed by atoms with Crippen molar-refractivity contribution in [1.29, 1.82) is 0 Å². The summed E-state index contributed by atoms with van der Waals surface area (Å²) in [4.78, 5) is 28.9. The maximum absolute atomic E-state index is 13.7. The van der Waals surface area contributed by atoms with Crippen LogP contribution in [0.5, 0.6) is 0 Å². The molecule has 5 nitrogen and oxygen atoms in total. The molecule has 0 spiro atoms. The van der Waals surface area contributed by atoms with E-state index in [2.05, 4.69) is 15.6 Å². The Hall–Kier alpha value is -3.61. The van der Waals surface area contributed by atoms with Crippen molar-refractivity contribution in [1.82, 2.24) is 4.98 Å². The van der Waals surface area contributed by atoms with Gasteiger partial charge in [-0.2, -0.15) is 0 Å². The summed E-state index contributed by atoms with van der Waals surface area (Å²) < 4.78 is 26.7. The fourth-order valence-electron chi connectivity index (χ4n) is 2.78. The quantitative estimate of drug-likeness (QED) is 0.640. The monoisotopic (exact) mass is 395 g/mol. The Morgan fingerprint density at radius 2 is 1.48 bits per heavy atom. The Labute approximate surface area is 166 Å². The molecule has 2 N–H and O–H groups in total. The summed E-state index contributed by atoms with van der Waals surface area (Å²) in [6, 6.07) is 11.6. The van der Waals surface area contributed by atoms with Crippen molar-refractivity contribution in [2.45, 2.75) is 19.8 Å². The van der Waals surface area contributed by atoms with Gasteiger partial charge in [0.1, 0.15) is 11.6 Å². The molecule has 1 aromatic heterocycles. The lowest BCUT2D eigenvalue weighted by Gasteiger charge is -2.14. The van der Waals surface area contributed by atoms with Gasteiger partial charge in [-0.15, -0.1) is 0 Å². The topological polar surface area (TPSA) is 71.1 Å². The predicted octanol–water partition coefficient (Wildman–Crippen LogP) is 4.99. The third-order valence-electron chi connectivity index (χ3n) is 4.27. The lowest BCUT2D eigenvalue weighted by atomic mass is 10.0. The molecule has 3 rings (SSSR count). The lowest BCUT2D eigenvalue weighted by molar-refractivity contribution is 0.102. The molecule has 3 aromatic rings. The van der Waals surface area contributed by atoms with Crippen LogP contribution in [0.15, 0.2) is 60.9 Å². The predicted molar refractivity (Wildman–Crippen MR) is 107 cm³/mol. The van der Waals surface area contributed by atoms with Crippen molar-refractivity contribution in [3.05, 3.63) is 89.2 Å². The van der Waals surface area contributed by atoms with Crippen molar-refractivity contribution in [2.75, 3.05) is 10.6 Å². The van der Waals surface area contributed by atoms with Gasteiger partial charge >= 0.3 is 0 Å². The first kappa shape index (κ1) is 20.1. The second-order valence-corrected chi connectivity index (χ2v) is 6.74. The Bertz CT molecular complexity index is 1070. The number of benzene rings is 2. The number of carbonyl (C=O) groups is 2. The van der Waals surface area contributed by atoms with Crippen molar-refractivity contribution in [3.8, 4) is 0 Å². The number of hydrogen-bond donors (Lipinski definition) is 2. The van der Waals surface area contributed by atoms with Gasteiger partial charge in [-0.05, 0) is 35.7 Å². The molecule has 7 heteroatoms. The molecule has 0 aliphatic rings. The van der Waals surface area contributed by atoms with E-state index in [9.17, 15) is 18.4 Å². The second-order valence-electron chi connectivity index (χ2n) is 6.74. The zero-order valence-corrected chi connectivity index (χ0v) is 15.9. The zero-order chi connectivity index (χ0) is 21.0. The molecule has 0 saturated heterocycles. The maximum atomic E-state index is 13.7. The van der Waals surface area contributed by atoms with Crippen LogP contribution in [0, 0.1) is 11.6 Å². The zero-order valence-electron chi connectivity index (χ0n) is 15.9. The number of halogens is 2. The van der Waals surface area contributed by atoms with Gasteiger partial charge in [-0.3, -0.25) is 14.6 Å². The molecule has 0 fully saturated rings. The first-order valence-electron chi connectivity index (χ1n) is 8.97.